The molecule has 8 nitrogen and oxygen atoms in total. The zero-order valence-corrected chi connectivity index (χ0v) is 17.1. The fourth-order valence-corrected chi connectivity index (χ4v) is 3.59. The molecule has 1 saturated heterocycles. The van der Waals surface area contributed by atoms with Gasteiger partial charge in [0, 0.05) is 24.3 Å². The molecule has 0 radical (unpaired) electrons. The number of hydrogen-bond donors (Lipinski definition) is 1. The number of carbonyl (C=O) groups excluding carboxylic acids is 2. The number of rotatable bonds is 5. The first-order chi connectivity index (χ1) is 14.4. The topological polar surface area (TPSA) is 89.3 Å². The van der Waals surface area contributed by atoms with Crippen molar-refractivity contribution in [3.05, 3.63) is 60.0 Å². The average molecular weight is 405 g/mol. The van der Waals surface area contributed by atoms with Gasteiger partial charge in [-0.3, -0.25) is 9.59 Å². The molecule has 154 valence electrons. The number of aryl methyl sites for hydroxylation is 2. The predicted molar refractivity (Wildman–Crippen MR) is 113 cm³/mol. The number of anilines is 2. The number of amides is 2. The van der Waals surface area contributed by atoms with Crippen LogP contribution in [0.4, 0.5) is 11.4 Å². The maximum atomic E-state index is 12.7. The van der Waals surface area contributed by atoms with E-state index in [1.807, 2.05) is 32.0 Å². The lowest BCUT2D eigenvalue weighted by atomic mass is 10.1. The molecule has 3 heterocycles. The van der Waals surface area contributed by atoms with E-state index in [-0.39, 0.29) is 18.2 Å². The number of pyridine rings is 1. The molecule has 1 atom stereocenters. The second-order valence-electron chi connectivity index (χ2n) is 7.34. The smallest absolute Gasteiger partial charge is 0.229 e. The first-order valence-electron chi connectivity index (χ1n) is 9.69. The second kappa shape index (κ2) is 7.98. The molecule has 2 amide bonds. The van der Waals surface area contributed by atoms with Gasteiger partial charge in [0.1, 0.15) is 5.75 Å². The number of benzene rings is 1. The van der Waals surface area contributed by atoms with Crippen LogP contribution in [0.15, 0.2) is 48.7 Å². The Balaban J connectivity index is 1.41. The van der Waals surface area contributed by atoms with E-state index >= 15 is 0 Å². The second-order valence-corrected chi connectivity index (χ2v) is 7.34. The van der Waals surface area contributed by atoms with E-state index in [1.54, 1.807) is 47.2 Å². The molecule has 0 bridgehead atoms. The van der Waals surface area contributed by atoms with Gasteiger partial charge in [0.15, 0.2) is 5.82 Å². The van der Waals surface area contributed by atoms with Gasteiger partial charge in [0.25, 0.3) is 0 Å². The summed E-state index contributed by atoms with van der Waals surface area (Å²) in [6.45, 7) is 4.23. The summed E-state index contributed by atoms with van der Waals surface area (Å²) >= 11 is 0. The van der Waals surface area contributed by atoms with Crippen molar-refractivity contribution in [2.45, 2.75) is 20.3 Å². The number of hydrogen-bond acceptors (Lipinski definition) is 5. The maximum absolute atomic E-state index is 12.7. The van der Waals surface area contributed by atoms with E-state index in [4.69, 9.17) is 4.74 Å². The molecule has 1 aliphatic heterocycles. The van der Waals surface area contributed by atoms with Gasteiger partial charge in [-0.25, -0.2) is 9.67 Å². The first kappa shape index (κ1) is 19.6. The molecular formula is C22H23N5O3. The van der Waals surface area contributed by atoms with E-state index in [9.17, 15) is 9.59 Å². The molecule has 1 unspecified atom stereocenters. The zero-order valence-electron chi connectivity index (χ0n) is 17.1. The molecule has 4 rings (SSSR count). The number of nitrogens with one attached hydrogen (secondary N) is 1. The van der Waals surface area contributed by atoms with Crippen molar-refractivity contribution in [3.63, 3.8) is 0 Å². The Kier molecular flexibility index (Phi) is 5.22. The highest BCUT2D eigenvalue weighted by atomic mass is 16.5. The van der Waals surface area contributed by atoms with E-state index in [2.05, 4.69) is 15.4 Å². The van der Waals surface area contributed by atoms with Crippen molar-refractivity contribution in [2.75, 3.05) is 23.9 Å². The summed E-state index contributed by atoms with van der Waals surface area (Å²) in [6, 6.07) is 12.8. The minimum Gasteiger partial charge on any atom is -0.497 e. The van der Waals surface area contributed by atoms with Gasteiger partial charge in [-0.05, 0) is 56.3 Å². The van der Waals surface area contributed by atoms with Crippen molar-refractivity contribution in [2.24, 2.45) is 5.92 Å². The maximum Gasteiger partial charge on any atom is 0.229 e. The third-order valence-corrected chi connectivity index (χ3v) is 5.12. The molecular weight excluding hydrogens is 382 g/mol. The third-order valence-electron chi connectivity index (χ3n) is 5.12. The van der Waals surface area contributed by atoms with Crippen LogP contribution in [0.5, 0.6) is 5.75 Å². The summed E-state index contributed by atoms with van der Waals surface area (Å²) in [7, 11) is 1.59. The number of aromatic nitrogens is 3. The lowest BCUT2D eigenvalue weighted by Gasteiger charge is -2.17. The molecule has 30 heavy (non-hydrogen) atoms. The summed E-state index contributed by atoms with van der Waals surface area (Å²) in [5.74, 6) is 0.713. The largest absolute Gasteiger partial charge is 0.497 e. The van der Waals surface area contributed by atoms with Crippen LogP contribution in [0.2, 0.25) is 0 Å². The Morgan fingerprint density at radius 1 is 1.17 bits per heavy atom. The lowest BCUT2D eigenvalue weighted by molar-refractivity contribution is -0.122. The molecule has 1 aromatic carbocycles. The van der Waals surface area contributed by atoms with Gasteiger partial charge in [-0.1, -0.05) is 0 Å². The number of carbonyl (C=O) groups is 2. The van der Waals surface area contributed by atoms with Crippen LogP contribution in [-0.4, -0.2) is 40.2 Å². The first-order valence-corrected chi connectivity index (χ1v) is 9.69. The van der Waals surface area contributed by atoms with E-state index in [1.165, 1.54) is 0 Å². The molecule has 2 aromatic heterocycles. The van der Waals surface area contributed by atoms with E-state index in [0.717, 1.165) is 22.8 Å². The van der Waals surface area contributed by atoms with Gasteiger partial charge in [-0.2, -0.15) is 5.10 Å². The molecule has 0 spiro atoms. The predicted octanol–water partition coefficient (Wildman–Crippen LogP) is 2.88. The molecule has 0 aliphatic carbocycles. The van der Waals surface area contributed by atoms with Crippen LogP contribution in [0, 0.1) is 19.8 Å². The monoisotopic (exact) mass is 405 g/mol. The molecule has 1 N–H and O–H groups in total. The summed E-state index contributed by atoms with van der Waals surface area (Å²) in [5, 5.41) is 7.27. The standard InChI is InChI=1S/C22H23N5O3/c1-14-10-15(2)27(25-14)20-9-4-17(12-23-20)24-22(29)16-11-21(28)26(13-16)18-5-7-19(30-3)8-6-18/h4-10,12,16H,11,13H2,1-3H3,(H,24,29). The Bertz CT molecular complexity index is 1070. The fraction of sp³-hybridized carbons (Fsp3) is 0.273. The van der Waals surface area contributed by atoms with Gasteiger partial charge >= 0.3 is 0 Å². The van der Waals surface area contributed by atoms with Crippen molar-refractivity contribution in [1.29, 1.82) is 0 Å². The van der Waals surface area contributed by atoms with Crippen LogP contribution in [-0.2, 0) is 9.59 Å². The summed E-state index contributed by atoms with van der Waals surface area (Å²) in [6.07, 6.45) is 1.77. The highest BCUT2D eigenvalue weighted by Gasteiger charge is 2.35. The van der Waals surface area contributed by atoms with E-state index < -0.39 is 5.92 Å². The third kappa shape index (κ3) is 3.89. The number of nitrogens with zero attached hydrogens (tertiary/aromatic N) is 4. The Labute approximate surface area is 174 Å². The normalized spacial score (nSPS) is 16.0. The summed E-state index contributed by atoms with van der Waals surface area (Å²) in [4.78, 5) is 31.1. The minimum absolute atomic E-state index is 0.0710. The Hall–Kier alpha value is -3.68. The van der Waals surface area contributed by atoms with Crippen LogP contribution in [0.3, 0.4) is 0 Å². The number of methoxy groups -OCH3 is 1. The minimum atomic E-state index is -0.421. The Morgan fingerprint density at radius 2 is 1.93 bits per heavy atom. The highest BCUT2D eigenvalue weighted by Crippen LogP contribution is 2.27. The lowest BCUT2D eigenvalue weighted by Crippen LogP contribution is -2.28. The number of ether oxygens (including phenoxy) is 1. The highest BCUT2D eigenvalue weighted by molar-refractivity contribution is 6.03. The average Bonchev–Trinajstić information content (AvgIpc) is 3.30. The van der Waals surface area contributed by atoms with Crippen LogP contribution in [0.1, 0.15) is 17.8 Å². The Morgan fingerprint density at radius 3 is 2.53 bits per heavy atom. The summed E-state index contributed by atoms with van der Waals surface area (Å²) < 4.78 is 6.90. The van der Waals surface area contributed by atoms with Crippen molar-refractivity contribution in [3.8, 4) is 11.6 Å². The molecule has 0 saturated carbocycles. The van der Waals surface area contributed by atoms with Crippen LogP contribution in [0.25, 0.3) is 5.82 Å². The van der Waals surface area contributed by atoms with Crippen LogP contribution < -0.4 is 15.0 Å². The van der Waals surface area contributed by atoms with Crippen molar-refractivity contribution >= 4 is 23.2 Å². The molecule has 1 aliphatic rings. The quantitative estimate of drug-likeness (QED) is 0.705. The summed E-state index contributed by atoms with van der Waals surface area (Å²) in [5.41, 5.74) is 3.24. The van der Waals surface area contributed by atoms with Crippen molar-refractivity contribution < 1.29 is 14.3 Å². The molecule has 8 heteroatoms. The molecule has 1 fully saturated rings. The van der Waals surface area contributed by atoms with E-state index in [0.29, 0.717) is 18.1 Å². The van der Waals surface area contributed by atoms with Gasteiger partial charge in [0.2, 0.25) is 11.8 Å². The van der Waals surface area contributed by atoms with Crippen molar-refractivity contribution in [1.82, 2.24) is 14.8 Å². The van der Waals surface area contributed by atoms with Gasteiger partial charge < -0.3 is 15.0 Å². The SMILES string of the molecule is COc1ccc(N2CC(C(=O)Nc3ccc(-n4nc(C)cc4C)nc3)CC2=O)cc1. The van der Waals surface area contributed by atoms with Crippen LogP contribution >= 0.6 is 0 Å². The van der Waals surface area contributed by atoms with Gasteiger partial charge in [0.05, 0.1) is 30.6 Å². The van der Waals surface area contributed by atoms with Gasteiger partial charge in [-0.15, -0.1) is 0 Å². The zero-order chi connectivity index (χ0) is 21.3. The molecule has 3 aromatic rings. The fourth-order valence-electron chi connectivity index (χ4n) is 3.59.